The van der Waals surface area contributed by atoms with Crippen molar-refractivity contribution in [2.45, 2.75) is 39.3 Å². The van der Waals surface area contributed by atoms with Gasteiger partial charge in [-0.05, 0) is 60.3 Å². The second-order valence-corrected chi connectivity index (χ2v) is 6.39. The normalized spacial score (nSPS) is 17.0. The summed E-state index contributed by atoms with van der Waals surface area (Å²) in [6.07, 6.45) is 1.88. The third-order valence-electron chi connectivity index (χ3n) is 3.83. The summed E-state index contributed by atoms with van der Waals surface area (Å²) in [5.41, 5.74) is 1.88. The minimum absolute atomic E-state index is 0.0980. The lowest BCUT2D eigenvalue weighted by Crippen LogP contribution is -2.36. The predicted octanol–water partition coefficient (Wildman–Crippen LogP) is 3.31. The molecule has 0 spiro atoms. The summed E-state index contributed by atoms with van der Waals surface area (Å²) in [7, 11) is 0. The zero-order valence-corrected chi connectivity index (χ0v) is 14.1. The van der Waals surface area contributed by atoms with Crippen molar-refractivity contribution in [1.82, 2.24) is 20.1 Å². The van der Waals surface area contributed by atoms with Crippen LogP contribution in [0.5, 0.6) is 0 Å². The van der Waals surface area contributed by atoms with Crippen molar-refractivity contribution in [3.05, 3.63) is 39.9 Å². The summed E-state index contributed by atoms with van der Waals surface area (Å²) >= 11 is 3.46. The molecule has 1 unspecified atom stereocenters. The van der Waals surface area contributed by atoms with Gasteiger partial charge in [-0.2, -0.15) is 0 Å². The zero-order chi connectivity index (χ0) is 15.7. The molecule has 7 heteroatoms. The van der Waals surface area contributed by atoms with E-state index >= 15 is 0 Å². The number of nitrogens with zero attached hydrogens (tertiary/aromatic N) is 3. The Morgan fingerprint density at radius 1 is 1.36 bits per heavy atom. The van der Waals surface area contributed by atoms with Crippen LogP contribution in [0.1, 0.15) is 36.1 Å². The van der Waals surface area contributed by atoms with E-state index in [1.165, 1.54) is 0 Å². The van der Waals surface area contributed by atoms with Gasteiger partial charge in [-0.1, -0.05) is 6.07 Å². The maximum Gasteiger partial charge on any atom is 0.319 e. The largest absolute Gasteiger partial charge is 0.328 e. The molecular formula is C15H18BrN5O. The second kappa shape index (κ2) is 6.08. The Morgan fingerprint density at radius 2 is 2.18 bits per heavy atom. The third-order valence-corrected chi connectivity index (χ3v) is 4.48. The highest BCUT2D eigenvalue weighted by Crippen LogP contribution is 2.26. The van der Waals surface area contributed by atoms with E-state index in [-0.39, 0.29) is 12.1 Å². The van der Waals surface area contributed by atoms with Crippen molar-refractivity contribution < 1.29 is 4.79 Å². The van der Waals surface area contributed by atoms with Crippen LogP contribution in [-0.4, -0.2) is 20.8 Å². The SMILES string of the molecule is Cc1ccc(NC(=O)NC2CCCn3c(C)nnc32)c(Br)c1. The summed E-state index contributed by atoms with van der Waals surface area (Å²) in [6, 6.07) is 5.48. The molecule has 3 rings (SSSR count). The fourth-order valence-electron chi connectivity index (χ4n) is 2.69. The van der Waals surface area contributed by atoms with E-state index in [1.54, 1.807) is 0 Å². The number of anilines is 1. The van der Waals surface area contributed by atoms with Gasteiger partial charge >= 0.3 is 6.03 Å². The van der Waals surface area contributed by atoms with Crippen molar-refractivity contribution in [1.29, 1.82) is 0 Å². The van der Waals surface area contributed by atoms with Gasteiger partial charge in [0.25, 0.3) is 0 Å². The maximum absolute atomic E-state index is 12.2. The van der Waals surface area contributed by atoms with E-state index < -0.39 is 0 Å². The fraction of sp³-hybridized carbons (Fsp3) is 0.400. The summed E-state index contributed by atoms with van der Waals surface area (Å²) in [5, 5.41) is 14.1. The van der Waals surface area contributed by atoms with Crippen molar-refractivity contribution >= 4 is 27.6 Å². The number of rotatable bonds is 2. The van der Waals surface area contributed by atoms with Crippen LogP contribution >= 0.6 is 15.9 Å². The van der Waals surface area contributed by atoms with Crippen LogP contribution in [0.2, 0.25) is 0 Å². The maximum atomic E-state index is 12.2. The van der Waals surface area contributed by atoms with Gasteiger partial charge in [0.1, 0.15) is 5.82 Å². The topological polar surface area (TPSA) is 71.8 Å². The van der Waals surface area contributed by atoms with E-state index in [0.717, 1.165) is 46.8 Å². The number of amides is 2. The lowest BCUT2D eigenvalue weighted by Gasteiger charge is -2.24. The van der Waals surface area contributed by atoms with Gasteiger partial charge in [-0.25, -0.2) is 4.79 Å². The Bertz CT molecular complexity index is 712. The van der Waals surface area contributed by atoms with Crippen LogP contribution in [0.3, 0.4) is 0 Å². The smallest absolute Gasteiger partial charge is 0.319 e. The molecule has 0 aliphatic carbocycles. The van der Waals surface area contributed by atoms with Gasteiger partial charge in [0.05, 0.1) is 11.7 Å². The molecule has 1 atom stereocenters. The first-order valence-corrected chi connectivity index (χ1v) is 8.07. The van der Waals surface area contributed by atoms with Crippen LogP contribution in [-0.2, 0) is 6.54 Å². The summed E-state index contributed by atoms with van der Waals surface area (Å²) in [6.45, 7) is 4.85. The minimum atomic E-state index is -0.233. The van der Waals surface area contributed by atoms with Crippen molar-refractivity contribution in [2.75, 3.05) is 5.32 Å². The lowest BCUT2D eigenvalue weighted by molar-refractivity contribution is 0.244. The Balaban J connectivity index is 1.70. The number of fused-ring (bicyclic) bond motifs is 1. The van der Waals surface area contributed by atoms with Gasteiger partial charge in [-0.15, -0.1) is 10.2 Å². The average molecular weight is 364 g/mol. The number of aromatic nitrogens is 3. The first-order chi connectivity index (χ1) is 10.5. The van der Waals surface area contributed by atoms with E-state index in [9.17, 15) is 4.79 Å². The van der Waals surface area contributed by atoms with E-state index in [0.29, 0.717) is 0 Å². The van der Waals surface area contributed by atoms with Gasteiger partial charge in [0.2, 0.25) is 0 Å². The van der Waals surface area contributed by atoms with Crippen LogP contribution in [0.4, 0.5) is 10.5 Å². The van der Waals surface area contributed by atoms with Crippen molar-refractivity contribution in [2.24, 2.45) is 0 Å². The lowest BCUT2D eigenvalue weighted by atomic mass is 10.1. The molecule has 1 aliphatic rings. The molecule has 1 aromatic carbocycles. The molecule has 2 aromatic rings. The summed E-state index contributed by atoms with van der Waals surface area (Å²) < 4.78 is 2.93. The fourth-order valence-corrected chi connectivity index (χ4v) is 3.28. The Morgan fingerprint density at radius 3 is 2.95 bits per heavy atom. The number of hydrogen-bond donors (Lipinski definition) is 2. The highest BCUT2D eigenvalue weighted by molar-refractivity contribution is 9.10. The first kappa shape index (κ1) is 15.0. The molecular weight excluding hydrogens is 346 g/mol. The zero-order valence-electron chi connectivity index (χ0n) is 12.6. The summed E-state index contributed by atoms with van der Waals surface area (Å²) in [5.74, 6) is 1.73. The first-order valence-electron chi connectivity index (χ1n) is 7.28. The van der Waals surface area contributed by atoms with Crippen molar-refractivity contribution in [3.63, 3.8) is 0 Å². The Kier molecular flexibility index (Phi) is 4.15. The van der Waals surface area contributed by atoms with Gasteiger partial charge in [0, 0.05) is 11.0 Å². The monoisotopic (exact) mass is 363 g/mol. The number of urea groups is 1. The molecule has 0 saturated heterocycles. The molecule has 0 bridgehead atoms. The van der Waals surface area contributed by atoms with Crippen LogP contribution < -0.4 is 10.6 Å². The van der Waals surface area contributed by atoms with E-state index in [1.807, 2.05) is 32.0 Å². The van der Waals surface area contributed by atoms with Crippen LogP contribution in [0.25, 0.3) is 0 Å². The number of aryl methyl sites for hydroxylation is 2. The predicted molar refractivity (Wildman–Crippen MR) is 87.8 cm³/mol. The molecule has 1 aliphatic heterocycles. The van der Waals surface area contributed by atoms with Crippen molar-refractivity contribution in [3.8, 4) is 0 Å². The number of carbonyl (C=O) groups excluding carboxylic acids is 1. The summed E-state index contributed by atoms with van der Waals surface area (Å²) in [4.78, 5) is 12.2. The number of benzene rings is 1. The molecule has 0 saturated carbocycles. The third kappa shape index (κ3) is 2.99. The van der Waals surface area contributed by atoms with Crippen LogP contribution in [0.15, 0.2) is 22.7 Å². The Labute approximate surface area is 137 Å². The van der Waals surface area contributed by atoms with E-state index in [4.69, 9.17) is 0 Å². The van der Waals surface area contributed by atoms with Gasteiger partial charge in [-0.3, -0.25) is 0 Å². The van der Waals surface area contributed by atoms with E-state index in [2.05, 4.69) is 41.3 Å². The second-order valence-electron chi connectivity index (χ2n) is 5.53. The molecule has 2 N–H and O–H groups in total. The molecule has 0 fully saturated rings. The van der Waals surface area contributed by atoms with Gasteiger partial charge in [0.15, 0.2) is 5.82 Å². The Hall–Kier alpha value is -1.89. The standard InChI is InChI=1S/C15H18BrN5O/c1-9-5-6-12(11(16)8-9)17-15(22)18-13-4-3-7-21-10(2)19-20-14(13)21/h5-6,8,13H,3-4,7H2,1-2H3,(H2,17,18,22). The minimum Gasteiger partial charge on any atom is -0.328 e. The molecule has 0 radical (unpaired) electrons. The molecule has 22 heavy (non-hydrogen) atoms. The highest BCUT2D eigenvalue weighted by atomic mass is 79.9. The number of halogens is 1. The molecule has 6 nitrogen and oxygen atoms in total. The number of nitrogens with one attached hydrogen (secondary N) is 2. The molecule has 1 aromatic heterocycles. The highest BCUT2D eigenvalue weighted by Gasteiger charge is 2.25. The van der Waals surface area contributed by atoms with Crippen LogP contribution in [0, 0.1) is 13.8 Å². The molecule has 2 heterocycles. The molecule has 2 amide bonds. The molecule has 116 valence electrons. The quantitative estimate of drug-likeness (QED) is 0.859. The van der Waals surface area contributed by atoms with Gasteiger partial charge < -0.3 is 15.2 Å². The number of hydrogen-bond acceptors (Lipinski definition) is 3. The number of carbonyl (C=O) groups is 1. The average Bonchev–Trinajstić information content (AvgIpc) is 2.85.